The number of hydrogen-bond donors (Lipinski definition) is 0. The molecule has 0 spiro atoms. The van der Waals surface area contributed by atoms with Crippen LogP contribution in [0.15, 0.2) is 23.4 Å². The summed E-state index contributed by atoms with van der Waals surface area (Å²) in [5.74, 6) is 0.620. The van der Waals surface area contributed by atoms with Crippen molar-refractivity contribution in [2.45, 2.75) is 36.9 Å². The summed E-state index contributed by atoms with van der Waals surface area (Å²) in [6.45, 7) is 0. The summed E-state index contributed by atoms with van der Waals surface area (Å²) >= 11 is 1.21. The highest BCUT2D eigenvalue weighted by molar-refractivity contribution is 7.99. The first kappa shape index (κ1) is 14.4. The maximum Gasteiger partial charge on any atom is 0.417 e. The maximum absolute atomic E-state index is 12.3. The molecule has 1 heterocycles. The van der Waals surface area contributed by atoms with Gasteiger partial charge in [-0.3, -0.25) is 4.79 Å². The number of rotatable bonds is 4. The largest absolute Gasteiger partial charge is 0.417 e. The Morgan fingerprint density at radius 3 is 2.53 bits per heavy atom. The van der Waals surface area contributed by atoms with Gasteiger partial charge in [0.1, 0.15) is 5.78 Å². The van der Waals surface area contributed by atoms with E-state index < -0.39 is 11.7 Å². The molecule has 1 fully saturated rings. The van der Waals surface area contributed by atoms with Crippen LogP contribution in [0.1, 0.15) is 31.2 Å². The number of thioether (sulfide) groups is 1. The van der Waals surface area contributed by atoms with Gasteiger partial charge in [-0.05, 0) is 25.0 Å². The Bertz CT molecular complexity index is 438. The fourth-order valence-electron chi connectivity index (χ4n) is 2.14. The second kappa shape index (κ2) is 5.94. The Morgan fingerprint density at radius 1 is 1.32 bits per heavy atom. The third-order valence-electron chi connectivity index (χ3n) is 3.24. The molecule has 1 saturated carbocycles. The first-order valence-corrected chi connectivity index (χ1v) is 7.14. The second-order valence-electron chi connectivity index (χ2n) is 4.62. The number of nitrogens with zero attached hydrogens (tertiary/aromatic N) is 1. The molecule has 0 N–H and O–H groups in total. The normalized spacial score (nSPS) is 16.8. The van der Waals surface area contributed by atoms with Gasteiger partial charge in [-0.2, -0.15) is 13.2 Å². The lowest BCUT2D eigenvalue weighted by atomic mass is 10.0. The Hall–Kier alpha value is -1.04. The van der Waals surface area contributed by atoms with Crippen LogP contribution >= 0.6 is 11.8 Å². The summed E-state index contributed by atoms with van der Waals surface area (Å²) in [6.07, 6.45) is 0.525. The van der Waals surface area contributed by atoms with Gasteiger partial charge in [-0.25, -0.2) is 4.98 Å². The van der Waals surface area contributed by atoms with E-state index in [-0.39, 0.29) is 11.7 Å². The van der Waals surface area contributed by atoms with Gasteiger partial charge in [-0.15, -0.1) is 0 Å². The molecule has 2 rings (SSSR count). The Labute approximate surface area is 113 Å². The van der Waals surface area contributed by atoms with Crippen molar-refractivity contribution in [3.05, 3.63) is 23.9 Å². The topological polar surface area (TPSA) is 30.0 Å². The molecule has 0 radical (unpaired) electrons. The highest BCUT2D eigenvalue weighted by atomic mass is 32.2. The molecule has 1 aliphatic carbocycles. The second-order valence-corrected chi connectivity index (χ2v) is 5.61. The molecule has 6 heteroatoms. The van der Waals surface area contributed by atoms with E-state index in [4.69, 9.17) is 0 Å². The number of carbonyl (C=O) groups is 1. The average molecular weight is 289 g/mol. The molecule has 1 aromatic heterocycles. The van der Waals surface area contributed by atoms with Crippen LogP contribution in [-0.4, -0.2) is 16.5 Å². The quantitative estimate of drug-likeness (QED) is 0.786. The predicted octanol–water partition coefficient (Wildman–Crippen LogP) is 3.95. The van der Waals surface area contributed by atoms with Gasteiger partial charge in [0, 0.05) is 12.1 Å². The highest BCUT2D eigenvalue weighted by Crippen LogP contribution is 2.30. The molecule has 104 valence electrons. The van der Waals surface area contributed by atoms with Crippen LogP contribution in [-0.2, 0) is 11.0 Å². The molecule has 19 heavy (non-hydrogen) atoms. The molecule has 1 aromatic rings. The highest BCUT2D eigenvalue weighted by Gasteiger charge is 2.30. The van der Waals surface area contributed by atoms with Crippen LogP contribution in [0.4, 0.5) is 13.2 Å². The molecular formula is C13H14F3NOS. The van der Waals surface area contributed by atoms with Crippen molar-refractivity contribution in [1.29, 1.82) is 0 Å². The number of Topliss-reactive ketones (excluding diaryl/α,β-unsaturated/α-hetero) is 1. The third-order valence-corrected chi connectivity index (χ3v) is 4.20. The Kier molecular flexibility index (Phi) is 4.50. The van der Waals surface area contributed by atoms with E-state index in [1.54, 1.807) is 0 Å². The van der Waals surface area contributed by atoms with E-state index in [9.17, 15) is 18.0 Å². The SMILES string of the molecule is O=C(CSc1ccc(C(F)(F)F)cn1)C1CCCC1. The number of alkyl halides is 3. The van der Waals surface area contributed by atoms with E-state index in [1.165, 1.54) is 17.8 Å². The van der Waals surface area contributed by atoms with Crippen molar-refractivity contribution in [2.24, 2.45) is 5.92 Å². The van der Waals surface area contributed by atoms with Gasteiger partial charge < -0.3 is 0 Å². The number of pyridine rings is 1. The summed E-state index contributed by atoms with van der Waals surface area (Å²) in [5, 5.41) is 0.458. The van der Waals surface area contributed by atoms with Gasteiger partial charge in [0.15, 0.2) is 0 Å². The van der Waals surface area contributed by atoms with Gasteiger partial charge in [0.05, 0.1) is 16.3 Å². The lowest BCUT2D eigenvalue weighted by Gasteiger charge is -2.08. The molecule has 0 saturated heterocycles. The minimum Gasteiger partial charge on any atom is -0.298 e. The van der Waals surface area contributed by atoms with E-state index in [0.29, 0.717) is 10.8 Å². The fraction of sp³-hybridized carbons (Fsp3) is 0.538. The minimum atomic E-state index is -4.37. The molecular weight excluding hydrogens is 275 g/mol. The van der Waals surface area contributed by atoms with Gasteiger partial charge in [-0.1, -0.05) is 24.6 Å². The van der Waals surface area contributed by atoms with E-state index >= 15 is 0 Å². The van der Waals surface area contributed by atoms with Crippen LogP contribution in [0.3, 0.4) is 0 Å². The lowest BCUT2D eigenvalue weighted by Crippen LogP contribution is -2.13. The summed E-state index contributed by atoms with van der Waals surface area (Å²) in [6, 6.07) is 2.31. The summed E-state index contributed by atoms with van der Waals surface area (Å²) in [7, 11) is 0. The zero-order chi connectivity index (χ0) is 13.9. The molecule has 0 unspecified atom stereocenters. The average Bonchev–Trinajstić information content (AvgIpc) is 2.89. The minimum absolute atomic E-state index is 0.141. The first-order valence-electron chi connectivity index (χ1n) is 6.15. The van der Waals surface area contributed by atoms with Crippen molar-refractivity contribution in [3.63, 3.8) is 0 Å². The number of carbonyl (C=O) groups excluding carboxylic acids is 1. The van der Waals surface area contributed by atoms with Crippen LogP contribution < -0.4 is 0 Å². The van der Waals surface area contributed by atoms with Gasteiger partial charge >= 0.3 is 6.18 Å². The summed E-state index contributed by atoms with van der Waals surface area (Å²) < 4.78 is 37.0. The van der Waals surface area contributed by atoms with Gasteiger partial charge in [0.2, 0.25) is 0 Å². The summed E-state index contributed by atoms with van der Waals surface area (Å²) in [4.78, 5) is 15.6. The standard InChI is InChI=1S/C13H14F3NOS/c14-13(15,16)10-5-6-12(17-7-10)19-8-11(18)9-3-1-2-4-9/h5-7,9H,1-4,8H2. The Morgan fingerprint density at radius 2 is 2.00 bits per heavy atom. The molecule has 0 amide bonds. The molecule has 2 nitrogen and oxygen atoms in total. The number of hydrogen-bond acceptors (Lipinski definition) is 3. The Balaban J connectivity index is 1.87. The monoisotopic (exact) mass is 289 g/mol. The molecule has 0 aliphatic heterocycles. The van der Waals surface area contributed by atoms with Crippen LogP contribution in [0.25, 0.3) is 0 Å². The smallest absolute Gasteiger partial charge is 0.298 e. The molecule has 1 aliphatic rings. The van der Waals surface area contributed by atoms with E-state index in [0.717, 1.165) is 37.9 Å². The van der Waals surface area contributed by atoms with Gasteiger partial charge in [0.25, 0.3) is 0 Å². The third kappa shape index (κ3) is 3.96. The van der Waals surface area contributed by atoms with Crippen LogP contribution in [0.5, 0.6) is 0 Å². The predicted molar refractivity (Wildman–Crippen MR) is 66.9 cm³/mol. The van der Waals surface area contributed by atoms with Crippen molar-refractivity contribution >= 4 is 17.5 Å². The van der Waals surface area contributed by atoms with E-state index in [2.05, 4.69) is 4.98 Å². The zero-order valence-corrected chi connectivity index (χ0v) is 11.1. The van der Waals surface area contributed by atoms with Crippen molar-refractivity contribution in [1.82, 2.24) is 4.98 Å². The molecule has 0 bridgehead atoms. The molecule has 0 aromatic carbocycles. The fourth-order valence-corrected chi connectivity index (χ4v) is 2.96. The number of aromatic nitrogens is 1. The number of ketones is 1. The van der Waals surface area contributed by atoms with E-state index in [1.807, 2.05) is 0 Å². The maximum atomic E-state index is 12.3. The van der Waals surface area contributed by atoms with Crippen molar-refractivity contribution in [2.75, 3.05) is 5.75 Å². The zero-order valence-electron chi connectivity index (χ0n) is 10.2. The van der Waals surface area contributed by atoms with Crippen LogP contribution in [0, 0.1) is 5.92 Å². The number of halogens is 3. The first-order chi connectivity index (χ1) is 8.97. The van der Waals surface area contributed by atoms with Crippen molar-refractivity contribution in [3.8, 4) is 0 Å². The van der Waals surface area contributed by atoms with Crippen molar-refractivity contribution < 1.29 is 18.0 Å². The lowest BCUT2D eigenvalue weighted by molar-refractivity contribution is -0.137. The molecule has 0 atom stereocenters. The summed E-state index contributed by atoms with van der Waals surface area (Å²) in [5.41, 5.74) is -0.765. The van der Waals surface area contributed by atoms with Crippen LogP contribution in [0.2, 0.25) is 0 Å².